The van der Waals surface area contributed by atoms with Crippen LogP contribution in [0.25, 0.3) is 0 Å². The number of piperazine rings is 1. The third-order valence-corrected chi connectivity index (χ3v) is 4.44. The van der Waals surface area contributed by atoms with Gasteiger partial charge in [-0.25, -0.2) is 0 Å². The summed E-state index contributed by atoms with van der Waals surface area (Å²) in [5.74, 6) is 0. The summed E-state index contributed by atoms with van der Waals surface area (Å²) < 4.78 is 0. The van der Waals surface area contributed by atoms with Crippen LogP contribution in [-0.2, 0) is 6.42 Å². The third kappa shape index (κ3) is 3.87. The van der Waals surface area contributed by atoms with E-state index in [4.69, 9.17) is 17.3 Å². The first kappa shape index (κ1) is 15.6. The van der Waals surface area contributed by atoms with Crippen molar-refractivity contribution in [3.05, 3.63) is 28.8 Å². The second-order valence-corrected chi connectivity index (χ2v) is 6.00. The van der Waals surface area contributed by atoms with Crippen molar-refractivity contribution in [3.8, 4) is 0 Å². The highest BCUT2D eigenvalue weighted by Crippen LogP contribution is 2.26. The highest BCUT2D eigenvalue weighted by Gasteiger charge is 2.19. The van der Waals surface area contributed by atoms with Crippen molar-refractivity contribution in [2.75, 3.05) is 37.6 Å². The summed E-state index contributed by atoms with van der Waals surface area (Å²) >= 11 is 6.16. The monoisotopic (exact) mass is 295 g/mol. The van der Waals surface area contributed by atoms with Gasteiger partial charge >= 0.3 is 0 Å². The fourth-order valence-corrected chi connectivity index (χ4v) is 2.95. The van der Waals surface area contributed by atoms with E-state index in [0.717, 1.165) is 50.6 Å². The fraction of sp³-hybridized carbons (Fsp3) is 0.625. The van der Waals surface area contributed by atoms with Gasteiger partial charge in [-0.05, 0) is 43.1 Å². The molecule has 1 heterocycles. The maximum Gasteiger partial charge on any atom is 0.0410 e. The number of rotatable bonds is 5. The van der Waals surface area contributed by atoms with E-state index in [1.165, 1.54) is 11.3 Å². The van der Waals surface area contributed by atoms with Gasteiger partial charge in [0.15, 0.2) is 0 Å². The normalized spacial score (nSPS) is 18.3. The van der Waals surface area contributed by atoms with Crippen molar-refractivity contribution >= 4 is 17.3 Å². The summed E-state index contributed by atoms with van der Waals surface area (Å²) in [6.07, 6.45) is 1.90. The van der Waals surface area contributed by atoms with Crippen LogP contribution in [0.5, 0.6) is 0 Å². The maximum atomic E-state index is 6.16. The number of likely N-dealkylation sites (N-methyl/N-ethyl adjacent to an activating group) is 1. The largest absolute Gasteiger partial charge is 0.369 e. The molecule has 1 aromatic rings. The van der Waals surface area contributed by atoms with Crippen LogP contribution in [0.3, 0.4) is 0 Å². The van der Waals surface area contributed by atoms with Crippen LogP contribution in [-0.4, -0.2) is 43.7 Å². The summed E-state index contributed by atoms with van der Waals surface area (Å²) in [6.45, 7) is 9.95. The number of nitrogens with two attached hydrogens (primary N) is 1. The van der Waals surface area contributed by atoms with Gasteiger partial charge in [0.25, 0.3) is 0 Å². The van der Waals surface area contributed by atoms with Crippen molar-refractivity contribution in [1.82, 2.24) is 4.90 Å². The Bertz CT molecular complexity index is 428. The molecule has 0 aliphatic carbocycles. The molecule has 0 amide bonds. The lowest BCUT2D eigenvalue weighted by Gasteiger charge is -2.36. The van der Waals surface area contributed by atoms with Gasteiger partial charge in [0, 0.05) is 42.9 Å². The van der Waals surface area contributed by atoms with E-state index in [9.17, 15) is 0 Å². The topological polar surface area (TPSA) is 32.5 Å². The molecule has 0 spiro atoms. The first-order chi connectivity index (χ1) is 9.63. The minimum atomic E-state index is 0.212. The van der Waals surface area contributed by atoms with Crippen LogP contribution in [0.1, 0.15) is 25.8 Å². The number of hydrogen-bond acceptors (Lipinski definition) is 3. The first-order valence-electron chi connectivity index (χ1n) is 7.65. The lowest BCUT2D eigenvalue weighted by Crippen LogP contribution is -2.46. The Labute approximate surface area is 127 Å². The minimum Gasteiger partial charge on any atom is -0.369 e. The van der Waals surface area contributed by atoms with E-state index in [1.807, 2.05) is 6.07 Å². The molecule has 112 valence electrons. The molecule has 1 aliphatic heterocycles. The second kappa shape index (κ2) is 7.30. The van der Waals surface area contributed by atoms with E-state index in [1.54, 1.807) is 0 Å². The number of anilines is 1. The average Bonchev–Trinajstić information content (AvgIpc) is 2.47. The Morgan fingerprint density at radius 2 is 1.90 bits per heavy atom. The number of hydrogen-bond donors (Lipinski definition) is 1. The molecular weight excluding hydrogens is 270 g/mol. The molecule has 2 N–H and O–H groups in total. The summed E-state index contributed by atoms with van der Waals surface area (Å²) in [5, 5.41) is 0.805. The van der Waals surface area contributed by atoms with Crippen molar-refractivity contribution in [2.24, 2.45) is 5.73 Å². The molecule has 20 heavy (non-hydrogen) atoms. The molecule has 1 atom stereocenters. The van der Waals surface area contributed by atoms with Gasteiger partial charge in [-0.3, -0.25) is 0 Å². The zero-order valence-electron chi connectivity index (χ0n) is 12.6. The Hall–Kier alpha value is -0.770. The van der Waals surface area contributed by atoms with Crippen LogP contribution in [0, 0.1) is 0 Å². The Kier molecular flexibility index (Phi) is 5.70. The number of nitrogens with zero attached hydrogens (tertiary/aromatic N) is 2. The van der Waals surface area contributed by atoms with Crippen LogP contribution in [0.4, 0.5) is 5.69 Å². The van der Waals surface area contributed by atoms with Crippen LogP contribution >= 0.6 is 11.6 Å². The molecule has 0 radical (unpaired) electrons. The number of benzene rings is 1. The predicted molar refractivity (Wildman–Crippen MR) is 87.7 cm³/mol. The lowest BCUT2D eigenvalue weighted by atomic mass is 10.0. The standard InChI is InChI=1S/C16H26ClN3/c1-3-15(18)12-13-11-14(17)5-6-16(13)20-9-7-19(4-2)8-10-20/h5-6,11,15H,3-4,7-10,12,18H2,1-2H3. The zero-order chi connectivity index (χ0) is 14.5. The molecule has 1 unspecified atom stereocenters. The van der Waals surface area contributed by atoms with Gasteiger partial charge in [-0.2, -0.15) is 0 Å². The van der Waals surface area contributed by atoms with Gasteiger partial charge in [0.1, 0.15) is 0 Å². The summed E-state index contributed by atoms with van der Waals surface area (Å²) in [7, 11) is 0. The minimum absolute atomic E-state index is 0.212. The van der Waals surface area contributed by atoms with Gasteiger partial charge in [0.05, 0.1) is 0 Å². The van der Waals surface area contributed by atoms with Crippen molar-refractivity contribution in [2.45, 2.75) is 32.7 Å². The molecule has 0 aromatic heterocycles. The SMILES string of the molecule is CCC(N)Cc1cc(Cl)ccc1N1CCN(CC)CC1. The Morgan fingerprint density at radius 1 is 1.20 bits per heavy atom. The summed E-state index contributed by atoms with van der Waals surface area (Å²) in [4.78, 5) is 4.96. The maximum absolute atomic E-state index is 6.16. The van der Waals surface area contributed by atoms with E-state index < -0.39 is 0 Å². The molecule has 3 nitrogen and oxygen atoms in total. The Morgan fingerprint density at radius 3 is 2.50 bits per heavy atom. The zero-order valence-corrected chi connectivity index (χ0v) is 13.4. The molecule has 0 bridgehead atoms. The molecule has 1 saturated heterocycles. The Balaban J connectivity index is 2.14. The lowest BCUT2D eigenvalue weighted by molar-refractivity contribution is 0.271. The van der Waals surface area contributed by atoms with Gasteiger partial charge in [0.2, 0.25) is 0 Å². The molecule has 1 aromatic carbocycles. The molecule has 4 heteroatoms. The van der Waals surface area contributed by atoms with Crippen molar-refractivity contribution in [1.29, 1.82) is 0 Å². The van der Waals surface area contributed by atoms with Gasteiger partial charge in [-0.1, -0.05) is 25.4 Å². The molecule has 1 fully saturated rings. The molecular formula is C16H26ClN3. The average molecular weight is 296 g/mol. The van der Waals surface area contributed by atoms with E-state index >= 15 is 0 Å². The summed E-state index contributed by atoms with van der Waals surface area (Å²) in [5.41, 5.74) is 8.73. The van der Waals surface area contributed by atoms with Gasteiger partial charge < -0.3 is 15.5 Å². The predicted octanol–water partition coefficient (Wildman–Crippen LogP) is 2.76. The van der Waals surface area contributed by atoms with Crippen molar-refractivity contribution in [3.63, 3.8) is 0 Å². The van der Waals surface area contributed by atoms with Crippen LogP contribution < -0.4 is 10.6 Å². The van der Waals surface area contributed by atoms with E-state index in [0.29, 0.717) is 0 Å². The van der Waals surface area contributed by atoms with Gasteiger partial charge in [-0.15, -0.1) is 0 Å². The molecule has 0 saturated carbocycles. The third-order valence-electron chi connectivity index (χ3n) is 4.21. The highest BCUT2D eigenvalue weighted by atomic mass is 35.5. The highest BCUT2D eigenvalue weighted by molar-refractivity contribution is 6.30. The van der Waals surface area contributed by atoms with Crippen LogP contribution in [0.2, 0.25) is 5.02 Å². The van der Waals surface area contributed by atoms with E-state index in [2.05, 4.69) is 35.8 Å². The quantitative estimate of drug-likeness (QED) is 0.907. The second-order valence-electron chi connectivity index (χ2n) is 5.57. The fourth-order valence-electron chi connectivity index (χ4n) is 2.76. The van der Waals surface area contributed by atoms with Crippen LogP contribution in [0.15, 0.2) is 18.2 Å². The first-order valence-corrected chi connectivity index (χ1v) is 8.03. The smallest absolute Gasteiger partial charge is 0.0410 e. The van der Waals surface area contributed by atoms with Crippen molar-refractivity contribution < 1.29 is 0 Å². The van der Waals surface area contributed by atoms with E-state index in [-0.39, 0.29) is 6.04 Å². The number of halogens is 1. The summed E-state index contributed by atoms with van der Waals surface area (Å²) in [6, 6.07) is 6.44. The molecule has 1 aliphatic rings. The molecule has 2 rings (SSSR count).